The maximum Gasteiger partial charge on any atom is 0.166 e. The number of hydrogen-bond donors (Lipinski definition) is 0. The molecule has 2 nitrogen and oxygen atoms in total. The summed E-state index contributed by atoms with van der Waals surface area (Å²) in [5.41, 5.74) is 4.64. The predicted molar refractivity (Wildman–Crippen MR) is 158 cm³/mol. The molecule has 0 unspecified atom stereocenters. The first-order valence-electron chi connectivity index (χ1n) is 13.3. The van der Waals surface area contributed by atoms with Crippen LogP contribution < -0.4 is 5.11 Å². The first-order chi connectivity index (χ1) is 17.0. The molecule has 0 aromatic heterocycles. The number of carbonyl (C=O) groups is 1. The summed E-state index contributed by atoms with van der Waals surface area (Å²) in [6.45, 7) is 22.3. The fourth-order valence-electron chi connectivity index (χ4n) is 3.89. The number of benzene rings is 3. The fraction of sp³-hybridized carbons (Fsp3) is 0.441. The van der Waals surface area contributed by atoms with Gasteiger partial charge in [0, 0.05) is 5.97 Å². The number of carbonyl (C=O) groups excluding carboxylic acids is 1. The number of carboxylic acids is 1. The Kier molecular flexibility index (Phi) is 10.2. The Morgan fingerprint density at radius 2 is 0.811 bits per heavy atom. The summed E-state index contributed by atoms with van der Waals surface area (Å²) in [5.74, 6) is -0.961. The van der Waals surface area contributed by atoms with Gasteiger partial charge < -0.3 is 9.90 Å². The van der Waals surface area contributed by atoms with Crippen molar-refractivity contribution in [3.05, 3.63) is 89.5 Å². The molecule has 3 aromatic carbocycles. The van der Waals surface area contributed by atoms with Gasteiger partial charge in [-0.3, -0.25) is 0 Å². The van der Waals surface area contributed by atoms with E-state index >= 15 is 0 Å². The molecule has 3 aromatic rings. The van der Waals surface area contributed by atoms with Gasteiger partial charge in [-0.15, -0.1) is 0 Å². The van der Waals surface area contributed by atoms with Crippen molar-refractivity contribution in [3.63, 3.8) is 0 Å². The van der Waals surface area contributed by atoms with Gasteiger partial charge in [-0.2, -0.15) is 0 Å². The van der Waals surface area contributed by atoms with Crippen LogP contribution in [0.4, 0.5) is 0 Å². The van der Waals surface area contributed by atoms with Crippen molar-refractivity contribution in [2.24, 2.45) is 0 Å². The molecule has 0 saturated carbocycles. The predicted octanol–water partition coefficient (Wildman–Crippen LogP) is 8.21. The zero-order chi connectivity index (χ0) is 28.0. The Labute approximate surface area is 228 Å². The lowest BCUT2D eigenvalue weighted by Gasteiger charge is -2.21. The summed E-state index contributed by atoms with van der Waals surface area (Å²) in [5, 5.41) is 9.49. The van der Waals surface area contributed by atoms with Gasteiger partial charge in [0.15, 0.2) is 14.7 Å². The molecule has 0 atom stereocenters. The molecule has 0 radical (unpaired) electrons. The van der Waals surface area contributed by atoms with Crippen LogP contribution in [-0.2, 0) is 31.9 Å². The van der Waals surface area contributed by atoms with Gasteiger partial charge in [-0.25, -0.2) is 0 Å². The van der Waals surface area contributed by atoms with Crippen molar-refractivity contribution < 1.29 is 9.90 Å². The fourth-order valence-corrected chi connectivity index (χ4v) is 5.93. The summed E-state index contributed by atoms with van der Waals surface area (Å²) in [6, 6.07) is 27.8. The Morgan fingerprint density at radius 1 is 0.568 bits per heavy atom. The molecule has 0 heterocycles. The Hall–Kier alpha value is -2.52. The van der Waals surface area contributed by atoms with Crippen LogP contribution in [0.5, 0.6) is 0 Å². The summed E-state index contributed by atoms with van der Waals surface area (Å²) in [6.07, 6.45) is 0.850. The second-order valence-electron chi connectivity index (χ2n) is 12.8. The molecule has 0 aliphatic rings. The van der Waals surface area contributed by atoms with Crippen LogP contribution in [0.15, 0.2) is 87.5 Å². The normalized spacial score (nSPS) is 12.2. The van der Waals surface area contributed by atoms with Crippen molar-refractivity contribution in [1.29, 1.82) is 0 Å². The molecule has 37 heavy (non-hydrogen) atoms. The smallest absolute Gasteiger partial charge is 0.166 e. The van der Waals surface area contributed by atoms with Crippen molar-refractivity contribution in [3.8, 4) is 0 Å². The summed E-state index contributed by atoms with van der Waals surface area (Å²) in [7, 11) is -0.120. The van der Waals surface area contributed by atoms with Crippen molar-refractivity contribution in [2.75, 3.05) is 0 Å². The van der Waals surface area contributed by atoms with Crippen molar-refractivity contribution in [2.45, 2.75) is 113 Å². The third-order valence-electron chi connectivity index (χ3n) is 6.32. The van der Waals surface area contributed by atoms with E-state index in [4.69, 9.17) is 0 Å². The second kappa shape index (κ2) is 12.3. The molecule has 3 heteroatoms. The molecule has 0 amide bonds. The molecule has 200 valence electrons. The lowest BCUT2D eigenvalue weighted by atomic mass is 9.87. The van der Waals surface area contributed by atoms with E-state index < -0.39 is 5.97 Å². The minimum absolute atomic E-state index is 0.120. The maximum absolute atomic E-state index is 9.49. The highest BCUT2D eigenvalue weighted by molar-refractivity contribution is 7.97. The zero-order valence-electron chi connectivity index (χ0n) is 24.6. The average molecular weight is 519 g/mol. The third kappa shape index (κ3) is 9.07. The quantitative estimate of drug-likeness (QED) is 0.319. The molecule has 0 bridgehead atoms. The lowest BCUT2D eigenvalue weighted by Crippen LogP contribution is -2.20. The Bertz CT molecular complexity index is 985. The van der Waals surface area contributed by atoms with E-state index in [-0.39, 0.29) is 33.6 Å². The molecule has 0 spiro atoms. The van der Waals surface area contributed by atoms with E-state index in [0.717, 1.165) is 0 Å². The highest BCUT2D eigenvalue weighted by atomic mass is 32.2. The number of hydrogen-bond acceptors (Lipinski definition) is 2. The van der Waals surface area contributed by atoms with Gasteiger partial charge in [-0.05, 0) is 75.8 Å². The van der Waals surface area contributed by atoms with E-state index in [1.54, 1.807) is 6.92 Å². The van der Waals surface area contributed by atoms with Gasteiger partial charge >= 0.3 is 0 Å². The van der Waals surface area contributed by atoms with Gasteiger partial charge in [0.25, 0.3) is 0 Å². The van der Waals surface area contributed by atoms with Gasteiger partial charge in [0.1, 0.15) is 0 Å². The van der Waals surface area contributed by atoms with Gasteiger partial charge in [-0.1, -0.05) is 112 Å². The van der Waals surface area contributed by atoms with E-state index in [0.29, 0.717) is 6.42 Å². The van der Waals surface area contributed by atoms with E-state index in [1.165, 1.54) is 31.4 Å². The van der Waals surface area contributed by atoms with Gasteiger partial charge in [0.2, 0.25) is 0 Å². The van der Waals surface area contributed by atoms with Crippen LogP contribution in [0.2, 0.25) is 0 Å². The zero-order valence-corrected chi connectivity index (χ0v) is 25.4. The molecule has 0 N–H and O–H groups in total. The first-order valence-corrected chi connectivity index (χ1v) is 14.5. The van der Waals surface area contributed by atoms with Crippen molar-refractivity contribution >= 4 is 16.9 Å². The first kappa shape index (κ1) is 30.7. The van der Waals surface area contributed by atoms with Crippen LogP contribution in [0.25, 0.3) is 0 Å². The van der Waals surface area contributed by atoms with Crippen LogP contribution in [0, 0.1) is 0 Å². The SMILES string of the molecule is CC(C)(C)c1ccc([S+](c2ccc(C(C)(C)C)cc2)c2ccc(C(C)(C)C)cc2)cc1.CCCC(=O)[O-]. The summed E-state index contributed by atoms with van der Waals surface area (Å²) >= 11 is 0. The molecule has 0 saturated heterocycles. The molecule has 0 aliphatic heterocycles. The summed E-state index contributed by atoms with van der Waals surface area (Å²) < 4.78 is 0. The third-order valence-corrected chi connectivity index (χ3v) is 8.55. The number of carboxylic acid groups (broad SMARTS) is 1. The number of rotatable bonds is 5. The molecule has 3 rings (SSSR count). The van der Waals surface area contributed by atoms with Crippen LogP contribution in [0.1, 0.15) is 98.8 Å². The van der Waals surface area contributed by atoms with E-state index in [1.807, 2.05) is 0 Å². The van der Waals surface area contributed by atoms with Crippen LogP contribution >= 0.6 is 0 Å². The Balaban J connectivity index is 0.000000717. The van der Waals surface area contributed by atoms with E-state index in [9.17, 15) is 9.90 Å². The van der Waals surface area contributed by atoms with E-state index in [2.05, 4.69) is 135 Å². The lowest BCUT2D eigenvalue weighted by molar-refractivity contribution is -0.305. The number of aliphatic carboxylic acids is 1. The van der Waals surface area contributed by atoms with Crippen LogP contribution in [-0.4, -0.2) is 5.97 Å². The molecule has 0 aliphatic carbocycles. The maximum atomic E-state index is 9.49. The minimum Gasteiger partial charge on any atom is -0.550 e. The minimum atomic E-state index is -0.961. The molecular formula is C34H46O2S. The highest BCUT2D eigenvalue weighted by Gasteiger charge is 2.30. The van der Waals surface area contributed by atoms with Crippen molar-refractivity contribution in [1.82, 2.24) is 0 Å². The second-order valence-corrected chi connectivity index (χ2v) is 14.8. The largest absolute Gasteiger partial charge is 0.550 e. The average Bonchev–Trinajstić information content (AvgIpc) is 2.79. The molecular weight excluding hydrogens is 472 g/mol. The van der Waals surface area contributed by atoms with Crippen LogP contribution in [0.3, 0.4) is 0 Å². The Morgan fingerprint density at radius 3 is 0.946 bits per heavy atom. The topological polar surface area (TPSA) is 40.1 Å². The highest BCUT2D eigenvalue weighted by Crippen LogP contribution is 2.35. The standard InChI is InChI=1S/C30H39S.C4H8O2/c1-28(2,3)22-10-16-25(17-11-22)31(26-18-12-23(13-19-26)29(4,5)6)27-20-14-24(15-21-27)30(7,8)9;1-2-3-4(5)6/h10-21H,1-9H3;2-3H2,1H3,(H,5,6)/q+1;/p-1. The monoisotopic (exact) mass is 518 g/mol. The molecule has 0 fully saturated rings. The van der Waals surface area contributed by atoms with Gasteiger partial charge in [0.05, 0.1) is 10.9 Å². The summed E-state index contributed by atoms with van der Waals surface area (Å²) in [4.78, 5) is 13.6.